The van der Waals surface area contributed by atoms with Crippen LogP contribution in [-0.2, 0) is 11.8 Å². The van der Waals surface area contributed by atoms with Gasteiger partial charge in [-0.2, -0.15) is 0 Å². The zero-order valence-electron chi connectivity index (χ0n) is 12.6. The van der Waals surface area contributed by atoms with Gasteiger partial charge in [-0.25, -0.2) is 0 Å². The van der Waals surface area contributed by atoms with Crippen LogP contribution in [0, 0.1) is 0 Å². The Morgan fingerprint density at radius 3 is 2.45 bits per heavy atom. The number of methoxy groups -OCH3 is 1. The number of ether oxygens (including phenoxy) is 1. The SMILES string of the molecule is COc1ccccc1CC(N)c1ccc(C(C)(C)C)s1. The summed E-state index contributed by atoms with van der Waals surface area (Å²) in [6.07, 6.45) is 0.800. The summed E-state index contributed by atoms with van der Waals surface area (Å²) in [6, 6.07) is 12.4. The molecule has 1 heterocycles. The standard InChI is InChI=1S/C17H23NOS/c1-17(2,3)16-10-9-15(20-16)13(18)11-12-7-5-6-8-14(12)19-4/h5-10,13H,11,18H2,1-4H3. The molecule has 0 radical (unpaired) electrons. The lowest BCUT2D eigenvalue weighted by molar-refractivity contribution is 0.408. The normalized spacial score (nSPS) is 13.2. The summed E-state index contributed by atoms with van der Waals surface area (Å²) in [5.41, 5.74) is 7.71. The minimum absolute atomic E-state index is 0.0207. The van der Waals surface area contributed by atoms with Crippen LogP contribution in [0.2, 0.25) is 0 Å². The summed E-state index contributed by atoms with van der Waals surface area (Å²) in [4.78, 5) is 2.61. The minimum atomic E-state index is 0.0207. The summed E-state index contributed by atoms with van der Waals surface area (Å²) in [5, 5.41) is 0. The van der Waals surface area contributed by atoms with Gasteiger partial charge in [0.2, 0.25) is 0 Å². The Bertz CT molecular complexity index is 568. The number of para-hydroxylation sites is 1. The molecule has 1 aromatic heterocycles. The van der Waals surface area contributed by atoms with Gasteiger partial charge in [0.1, 0.15) is 5.75 Å². The molecule has 1 atom stereocenters. The first-order valence-corrected chi connectivity index (χ1v) is 7.71. The van der Waals surface area contributed by atoms with Gasteiger partial charge in [-0.1, -0.05) is 39.0 Å². The third-order valence-corrected chi connectivity index (χ3v) is 5.01. The molecular weight excluding hydrogens is 266 g/mol. The molecule has 1 aromatic carbocycles. The molecule has 2 rings (SSSR count). The van der Waals surface area contributed by atoms with Crippen molar-refractivity contribution in [1.82, 2.24) is 0 Å². The Kier molecular flexibility index (Phi) is 4.51. The molecule has 0 saturated heterocycles. The number of hydrogen-bond donors (Lipinski definition) is 1. The molecule has 2 aromatic rings. The van der Waals surface area contributed by atoms with Crippen LogP contribution in [0.5, 0.6) is 5.75 Å². The summed E-state index contributed by atoms with van der Waals surface area (Å²) in [6.45, 7) is 6.69. The second kappa shape index (κ2) is 5.98. The topological polar surface area (TPSA) is 35.2 Å². The molecular formula is C17H23NOS. The van der Waals surface area contributed by atoms with Gasteiger partial charge in [0.15, 0.2) is 0 Å². The maximum atomic E-state index is 6.36. The molecule has 3 heteroatoms. The lowest BCUT2D eigenvalue weighted by Crippen LogP contribution is -2.12. The smallest absolute Gasteiger partial charge is 0.122 e. The third kappa shape index (κ3) is 3.41. The molecule has 2 nitrogen and oxygen atoms in total. The van der Waals surface area contributed by atoms with Gasteiger partial charge in [0, 0.05) is 15.8 Å². The van der Waals surface area contributed by atoms with Gasteiger partial charge in [-0.3, -0.25) is 0 Å². The van der Waals surface area contributed by atoms with Gasteiger partial charge in [0.05, 0.1) is 7.11 Å². The highest BCUT2D eigenvalue weighted by Gasteiger charge is 2.19. The van der Waals surface area contributed by atoms with Gasteiger partial charge >= 0.3 is 0 Å². The Hall–Kier alpha value is -1.32. The zero-order chi connectivity index (χ0) is 14.8. The van der Waals surface area contributed by atoms with Crippen LogP contribution in [0.4, 0.5) is 0 Å². The van der Waals surface area contributed by atoms with Gasteiger partial charge in [0.25, 0.3) is 0 Å². The number of rotatable bonds is 4. The maximum absolute atomic E-state index is 6.36. The first-order chi connectivity index (χ1) is 9.41. The Morgan fingerprint density at radius 2 is 1.85 bits per heavy atom. The van der Waals surface area contributed by atoms with Crippen LogP contribution in [-0.4, -0.2) is 7.11 Å². The van der Waals surface area contributed by atoms with E-state index in [0.717, 1.165) is 17.7 Å². The molecule has 0 amide bonds. The van der Waals surface area contributed by atoms with Crippen molar-refractivity contribution in [2.75, 3.05) is 7.11 Å². The molecule has 0 aliphatic heterocycles. The number of nitrogens with two attached hydrogens (primary N) is 1. The molecule has 0 saturated carbocycles. The molecule has 0 aliphatic rings. The van der Waals surface area contributed by atoms with Crippen LogP contribution in [0.1, 0.15) is 42.1 Å². The predicted octanol–water partition coefficient (Wildman–Crippen LogP) is 4.30. The molecule has 0 aliphatic carbocycles. The van der Waals surface area contributed by atoms with Crippen molar-refractivity contribution < 1.29 is 4.74 Å². The van der Waals surface area contributed by atoms with E-state index in [-0.39, 0.29) is 11.5 Å². The van der Waals surface area contributed by atoms with Crippen LogP contribution < -0.4 is 10.5 Å². The average molecular weight is 289 g/mol. The van der Waals surface area contributed by atoms with Crippen molar-refractivity contribution >= 4 is 11.3 Å². The largest absolute Gasteiger partial charge is 0.496 e. The third-order valence-electron chi connectivity index (χ3n) is 3.36. The van der Waals surface area contributed by atoms with Crippen LogP contribution >= 0.6 is 11.3 Å². The Balaban J connectivity index is 2.16. The molecule has 108 valence electrons. The summed E-state index contributed by atoms with van der Waals surface area (Å²) in [7, 11) is 1.70. The van der Waals surface area contributed by atoms with E-state index in [4.69, 9.17) is 10.5 Å². The van der Waals surface area contributed by atoms with Crippen molar-refractivity contribution in [2.24, 2.45) is 5.73 Å². The number of benzene rings is 1. The molecule has 0 bridgehead atoms. The molecule has 20 heavy (non-hydrogen) atoms. The van der Waals surface area contributed by atoms with E-state index in [1.54, 1.807) is 7.11 Å². The quantitative estimate of drug-likeness (QED) is 0.911. The second-order valence-electron chi connectivity index (χ2n) is 6.07. The zero-order valence-corrected chi connectivity index (χ0v) is 13.5. The monoisotopic (exact) mass is 289 g/mol. The van der Waals surface area contributed by atoms with E-state index in [0.29, 0.717) is 0 Å². The van der Waals surface area contributed by atoms with Gasteiger partial charge in [-0.05, 0) is 35.6 Å². The molecule has 0 spiro atoms. The fourth-order valence-electron chi connectivity index (χ4n) is 2.16. The lowest BCUT2D eigenvalue weighted by Gasteiger charge is -2.16. The van der Waals surface area contributed by atoms with Gasteiger partial charge in [-0.15, -0.1) is 11.3 Å². The lowest BCUT2D eigenvalue weighted by atomic mass is 9.95. The highest BCUT2D eigenvalue weighted by Crippen LogP contribution is 2.33. The van der Waals surface area contributed by atoms with Crippen molar-refractivity contribution in [3.8, 4) is 5.75 Å². The van der Waals surface area contributed by atoms with E-state index in [9.17, 15) is 0 Å². The van der Waals surface area contributed by atoms with Crippen LogP contribution in [0.3, 0.4) is 0 Å². The summed E-state index contributed by atoms with van der Waals surface area (Å²) >= 11 is 1.81. The first kappa shape index (κ1) is 15.1. The Labute approximate surface area is 125 Å². The summed E-state index contributed by atoms with van der Waals surface area (Å²) in [5.74, 6) is 0.913. The van der Waals surface area contributed by atoms with E-state index in [1.165, 1.54) is 9.75 Å². The Morgan fingerprint density at radius 1 is 1.15 bits per heavy atom. The number of thiophene rings is 1. The maximum Gasteiger partial charge on any atom is 0.122 e. The molecule has 1 unspecified atom stereocenters. The number of hydrogen-bond acceptors (Lipinski definition) is 3. The van der Waals surface area contributed by atoms with E-state index in [1.807, 2.05) is 29.5 Å². The highest BCUT2D eigenvalue weighted by atomic mass is 32.1. The molecule has 0 fully saturated rings. The fraction of sp³-hybridized carbons (Fsp3) is 0.412. The van der Waals surface area contributed by atoms with Crippen LogP contribution in [0.25, 0.3) is 0 Å². The van der Waals surface area contributed by atoms with Crippen molar-refractivity contribution in [3.05, 3.63) is 51.7 Å². The predicted molar refractivity (Wildman–Crippen MR) is 86.6 cm³/mol. The van der Waals surface area contributed by atoms with E-state index < -0.39 is 0 Å². The van der Waals surface area contributed by atoms with E-state index >= 15 is 0 Å². The average Bonchev–Trinajstić information content (AvgIpc) is 2.89. The first-order valence-electron chi connectivity index (χ1n) is 6.89. The van der Waals surface area contributed by atoms with Crippen molar-refractivity contribution in [1.29, 1.82) is 0 Å². The van der Waals surface area contributed by atoms with Crippen molar-refractivity contribution in [3.63, 3.8) is 0 Å². The van der Waals surface area contributed by atoms with Gasteiger partial charge < -0.3 is 10.5 Å². The second-order valence-corrected chi connectivity index (χ2v) is 7.19. The highest BCUT2D eigenvalue weighted by molar-refractivity contribution is 7.12. The summed E-state index contributed by atoms with van der Waals surface area (Å²) < 4.78 is 5.39. The fourth-order valence-corrected chi connectivity index (χ4v) is 3.23. The molecule has 2 N–H and O–H groups in total. The van der Waals surface area contributed by atoms with Crippen LogP contribution in [0.15, 0.2) is 36.4 Å². The van der Waals surface area contributed by atoms with Crippen molar-refractivity contribution in [2.45, 2.75) is 38.6 Å². The van der Waals surface area contributed by atoms with E-state index in [2.05, 4.69) is 39.0 Å². The minimum Gasteiger partial charge on any atom is -0.496 e.